The number of thiophene rings is 1. The normalized spacial score (nSPS) is 17.4. The lowest BCUT2D eigenvalue weighted by Gasteiger charge is -2.20. The summed E-state index contributed by atoms with van der Waals surface area (Å²) < 4.78 is 5.13. The van der Waals surface area contributed by atoms with E-state index in [0.29, 0.717) is 22.9 Å². The molecule has 1 fully saturated rings. The highest BCUT2D eigenvalue weighted by Crippen LogP contribution is 2.37. The molecule has 1 N–H and O–H groups in total. The molecule has 0 aromatic carbocycles. The average molecular weight is 389 g/mol. The zero-order valence-electron chi connectivity index (χ0n) is 15.8. The van der Waals surface area contributed by atoms with E-state index in [2.05, 4.69) is 11.4 Å². The maximum atomic E-state index is 12.2. The lowest BCUT2D eigenvalue weighted by atomic mass is 9.86. The number of esters is 1. The van der Waals surface area contributed by atoms with E-state index in [0.717, 1.165) is 37.7 Å². The monoisotopic (exact) mass is 388 g/mol. The summed E-state index contributed by atoms with van der Waals surface area (Å²) in [4.78, 5) is 25.3. The van der Waals surface area contributed by atoms with Gasteiger partial charge in [-0.2, -0.15) is 5.26 Å². The molecule has 5 nitrogen and oxygen atoms in total. The van der Waals surface area contributed by atoms with E-state index in [-0.39, 0.29) is 18.5 Å². The van der Waals surface area contributed by atoms with Crippen molar-refractivity contribution in [3.05, 3.63) is 16.0 Å². The number of fused-ring (bicyclic) bond motifs is 1. The molecule has 0 unspecified atom stereocenters. The van der Waals surface area contributed by atoms with Gasteiger partial charge >= 0.3 is 5.97 Å². The smallest absolute Gasteiger partial charge is 0.306 e. The molecule has 2 aliphatic rings. The first-order valence-electron chi connectivity index (χ1n) is 10.2. The number of carbonyl (C=O) groups excluding carboxylic acids is 2. The van der Waals surface area contributed by atoms with Gasteiger partial charge in [-0.1, -0.05) is 38.5 Å². The first-order valence-corrected chi connectivity index (χ1v) is 11.0. The highest BCUT2D eigenvalue weighted by Gasteiger charge is 2.21. The van der Waals surface area contributed by atoms with Crippen molar-refractivity contribution in [3.8, 4) is 6.07 Å². The number of nitrogens with zero attached hydrogens (tertiary/aromatic N) is 1. The van der Waals surface area contributed by atoms with Crippen molar-refractivity contribution in [2.45, 2.75) is 77.0 Å². The predicted molar refractivity (Wildman–Crippen MR) is 106 cm³/mol. The second-order valence-corrected chi connectivity index (χ2v) is 8.74. The van der Waals surface area contributed by atoms with Crippen molar-refractivity contribution in [3.63, 3.8) is 0 Å². The Morgan fingerprint density at radius 2 is 1.85 bits per heavy atom. The summed E-state index contributed by atoms with van der Waals surface area (Å²) in [6, 6.07) is 2.25. The molecule has 1 amide bonds. The highest BCUT2D eigenvalue weighted by molar-refractivity contribution is 7.16. The Bertz CT molecular complexity index is 714. The topological polar surface area (TPSA) is 79.2 Å². The van der Waals surface area contributed by atoms with Crippen molar-refractivity contribution < 1.29 is 14.3 Å². The zero-order chi connectivity index (χ0) is 19.1. The van der Waals surface area contributed by atoms with Gasteiger partial charge in [0.05, 0.1) is 5.56 Å². The minimum atomic E-state index is -0.367. The van der Waals surface area contributed by atoms with Crippen molar-refractivity contribution in [1.29, 1.82) is 5.26 Å². The van der Waals surface area contributed by atoms with Crippen LogP contribution in [-0.2, 0) is 27.2 Å². The fourth-order valence-electron chi connectivity index (χ4n) is 4.13. The summed E-state index contributed by atoms with van der Waals surface area (Å²) >= 11 is 1.50. The molecule has 146 valence electrons. The van der Waals surface area contributed by atoms with Crippen LogP contribution < -0.4 is 5.32 Å². The van der Waals surface area contributed by atoms with Crippen LogP contribution in [0.4, 0.5) is 5.00 Å². The standard InChI is InChI=1S/C21H28N2O3S/c22-13-17-16-9-5-2-6-10-18(16)27-21(17)23-19(24)14-26-20(25)12-11-15-7-3-1-4-8-15/h15H,1-12,14H2,(H,23,24). The third-order valence-corrected chi connectivity index (χ3v) is 6.84. The Morgan fingerprint density at radius 1 is 1.11 bits per heavy atom. The van der Waals surface area contributed by atoms with Crippen LogP contribution in [0.25, 0.3) is 0 Å². The SMILES string of the molecule is N#Cc1c(NC(=O)COC(=O)CCC2CCCCC2)sc2c1CCCCC2. The highest BCUT2D eigenvalue weighted by atomic mass is 32.1. The number of nitriles is 1. The molecule has 3 rings (SSSR count). The molecule has 0 radical (unpaired) electrons. The van der Waals surface area contributed by atoms with Crippen LogP contribution in [0.15, 0.2) is 0 Å². The Hall–Kier alpha value is -1.87. The fraction of sp³-hybridized carbons (Fsp3) is 0.667. The van der Waals surface area contributed by atoms with Crippen LogP contribution in [0, 0.1) is 17.2 Å². The van der Waals surface area contributed by atoms with Gasteiger partial charge in [-0.3, -0.25) is 9.59 Å². The molecular weight excluding hydrogens is 360 g/mol. The van der Waals surface area contributed by atoms with Crippen molar-refractivity contribution >= 4 is 28.2 Å². The fourth-order valence-corrected chi connectivity index (χ4v) is 5.38. The number of hydrogen-bond donors (Lipinski definition) is 1. The molecule has 1 aromatic rings. The van der Waals surface area contributed by atoms with Crippen molar-refractivity contribution in [2.24, 2.45) is 5.92 Å². The first-order chi connectivity index (χ1) is 13.2. The van der Waals surface area contributed by atoms with Gasteiger partial charge in [0, 0.05) is 11.3 Å². The molecule has 2 aliphatic carbocycles. The minimum absolute atomic E-state index is 0.281. The molecule has 0 atom stereocenters. The van der Waals surface area contributed by atoms with E-state index in [4.69, 9.17) is 4.74 Å². The lowest BCUT2D eigenvalue weighted by Crippen LogP contribution is -2.21. The van der Waals surface area contributed by atoms with Crippen LogP contribution in [0.5, 0.6) is 0 Å². The van der Waals surface area contributed by atoms with Gasteiger partial charge < -0.3 is 10.1 Å². The van der Waals surface area contributed by atoms with Crippen molar-refractivity contribution in [2.75, 3.05) is 11.9 Å². The van der Waals surface area contributed by atoms with Gasteiger partial charge in [-0.15, -0.1) is 11.3 Å². The van der Waals surface area contributed by atoms with Gasteiger partial charge in [0.1, 0.15) is 11.1 Å². The van der Waals surface area contributed by atoms with Gasteiger partial charge in [0.15, 0.2) is 6.61 Å². The van der Waals surface area contributed by atoms with E-state index in [1.165, 1.54) is 54.7 Å². The van der Waals surface area contributed by atoms with Crippen LogP contribution >= 0.6 is 11.3 Å². The van der Waals surface area contributed by atoms with Crippen molar-refractivity contribution in [1.82, 2.24) is 0 Å². The summed E-state index contributed by atoms with van der Waals surface area (Å²) in [6.45, 7) is -0.281. The molecule has 27 heavy (non-hydrogen) atoms. The zero-order valence-corrected chi connectivity index (χ0v) is 16.7. The predicted octanol–water partition coefficient (Wildman–Crippen LogP) is 4.73. The molecule has 0 saturated heterocycles. The Balaban J connectivity index is 1.46. The maximum absolute atomic E-state index is 12.2. The van der Waals surface area contributed by atoms with Gasteiger partial charge in [0.25, 0.3) is 5.91 Å². The van der Waals surface area contributed by atoms with Gasteiger partial charge in [-0.25, -0.2) is 0 Å². The number of amides is 1. The van der Waals surface area contributed by atoms with E-state index in [1.54, 1.807) is 0 Å². The Kier molecular flexibility index (Phi) is 7.28. The quantitative estimate of drug-likeness (QED) is 0.564. The first kappa shape index (κ1) is 19.9. The van der Waals surface area contributed by atoms with E-state index < -0.39 is 0 Å². The average Bonchev–Trinajstić information content (AvgIpc) is 2.84. The summed E-state index contributed by atoms with van der Waals surface area (Å²) in [7, 11) is 0. The molecule has 0 aliphatic heterocycles. The third-order valence-electron chi connectivity index (χ3n) is 5.63. The van der Waals surface area contributed by atoms with E-state index in [1.807, 2.05) is 0 Å². The van der Waals surface area contributed by atoms with E-state index >= 15 is 0 Å². The Morgan fingerprint density at radius 3 is 2.63 bits per heavy atom. The number of anilines is 1. The van der Waals surface area contributed by atoms with Crippen LogP contribution in [0.1, 0.15) is 80.2 Å². The second kappa shape index (κ2) is 9.89. The lowest BCUT2D eigenvalue weighted by molar-refractivity contribution is -0.147. The van der Waals surface area contributed by atoms with Crippen LogP contribution in [0.2, 0.25) is 0 Å². The number of aryl methyl sites for hydroxylation is 1. The van der Waals surface area contributed by atoms with Gasteiger partial charge in [-0.05, 0) is 43.6 Å². The number of carbonyl (C=O) groups is 2. The second-order valence-electron chi connectivity index (χ2n) is 7.63. The summed E-state index contributed by atoms with van der Waals surface area (Å²) in [6.07, 6.45) is 12.7. The summed E-state index contributed by atoms with van der Waals surface area (Å²) in [5.41, 5.74) is 1.69. The number of rotatable bonds is 6. The summed E-state index contributed by atoms with van der Waals surface area (Å²) in [5, 5.41) is 12.9. The van der Waals surface area contributed by atoms with Crippen LogP contribution in [-0.4, -0.2) is 18.5 Å². The largest absolute Gasteiger partial charge is 0.456 e. The Labute approximate surface area is 165 Å². The van der Waals surface area contributed by atoms with Gasteiger partial charge in [0.2, 0.25) is 0 Å². The van der Waals surface area contributed by atoms with E-state index in [9.17, 15) is 14.9 Å². The molecule has 1 heterocycles. The summed E-state index contributed by atoms with van der Waals surface area (Å²) in [5.74, 6) is -0.0491. The molecule has 1 saturated carbocycles. The molecule has 0 spiro atoms. The molecule has 0 bridgehead atoms. The third kappa shape index (κ3) is 5.55. The maximum Gasteiger partial charge on any atom is 0.306 e. The number of ether oxygens (including phenoxy) is 1. The van der Waals surface area contributed by atoms with Crippen LogP contribution in [0.3, 0.4) is 0 Å². The number of hydrogen-bond acceptors (Lipinski definition) is 5. The molecule has 1 aromatic heterocycles. The minimum Gasteiger partial charge on any atom is -0.456 e. The molecular formula is C21H28N2O3S. The number of nitrogens with one attached hydrogen (secondary N) is 1. The molecule has 6 heteroatoms.